The van der Waals surface area contributed by atoms with E-state index in [4.69, 9.17) is 0 Å². The van der Waals surface area contributed by atoms with Crippen LogP contribution in [0.1, 0.15) is 45.4 Å². The van der Waals surface area contributed by atoms with Crippen LogP contribution in [0.15, 0.2) is 0 Å². The third-order valence-corrected chi connectivity index (χ3v) is 1.35. The molecular weight excluding hydrogens is 307 g/mol. The Bertz CT molecular complexity index is 37.1. The van der Waals surface area contributed by atoms with Crippen molar-refractivity contribution in [1.82, 2.24) is 0 Å². The molecule has 0 aromatic rings. The van der Waals surface area contributed by atoms with E-state index in [1.807, 2.05) is 0 Å². The summed E-state index contributed by atoms with van der Waals surface area (Å²) in [5.41, 5.74) is 0. The van der Waals surface area contributed by atoms with Gasteiger partial charge in [0.1, 0.15) is 0 Å². The van der Waals surface area contributed by atoms with Gasteiger partial charge >= 0.3 is 0 Å². The molecule has 0 bridgehead atoms. The van der Waals surface area contributed by atoms with Crippen molar-refractivity contribution in [3.05, 3.63) is 6.92 Å². The Morgan fingerprint density at radius 1 is 0.909 bits per heavy atom. The van der Waals surface area contributed by atoms with Gasteiger partial charge in [0.05, 0.1) is 0 Å². The molecule has 70 valence electrons. The molecule has 0 saturated heterocycles. The summed E-state index contributed by atoms with van der Waals surface area (Å²) in [6.45, 7) is 6.02. The van der Waals surface area contributed by atoms with Gasteiger partial charge in [-0.3, -0.25) is 0 Å². The molecule has 0 unspecified atom stereocenters. The molecule has 2 nitrogen and oxygen atoms in total. The van der Waals surface area contributed by atoms with Gasteiger partial charge in [-0.2, -0.15) is 6.42 Å². The topological polar surface area (TPSA) is 60.0 Å². The van der Waals surface area contributed by atoms with Crippen molar-refractivity contribution in [2.45, 2.75) is 45.4 Å². The molecule has 0 saturated carbocycles. The maximum Gasteiger partial charge on any atom is 0 e. The monoisotopic (exact) mass is 327 g/mol. The zero-order valence-corrected chi connectivity index (χ0v) is 10.9. The summed E-state index contributed by atoms with van der Waals surface area (Å²) in [4.78, 5) is 0. The summed E-state index contributed by atoms with van der Waals surface area (Å²) in [6, 6.07) is 0. The Morgan fingerprint density at radius 3 is 1.73 bits per heavy atom. The van der Waals surface area contributed by atoms with Crippen molar-refractivity contribution in [2.24, 2.45) is 0 Å². The summed E-state index contributed by atoms with van der Waals surface area (Å²) in [5, 5.41) is 0. The number of unbranched alkanes of at least 4 members (excludes halogenated alkanes) is 5. The van der Waals surface area contributed by atoms with E-state index in [0.29, 0.717) is 0 Å². The van der Waals surface area contributed by atoms with Crippen LogP contribution in [0.4, 0.5) is 0 Å². The van der Waals surface area contributed by atoms with Gasteiger partial charge < -0.3 is 17.9 Å². The Labute approximate surface area is 89.2 Å². The molecule has 3 heteroatoms. The average Bonchev–Trinajstić information content (AvgIpc) is 1.81. The maximum atomic E-state index is 3.78. The third kappa shape index (κ3) is 24.9. The smallest absolute Gasteiger partial charge is 0 e. The maximum absolute atomic E-state index is 3.78. The normalized spacial score (nSPS) is 7.09. The minimum absolute atomic E-state index is 0. The Kier molecular flexibility index (Phi) is 46.1. The average molecular weight is 326 g/mol. The van der Waals surface area contributed by atoms with Crippen LogP contribution in [0.25, 0.3) is 0 Å². The van der Waals surface area contributed by atoms with Gasteiger partial charge in [-0.15, -0.1) is 0 Å². The minimum Gasteiger partial charge on any atom is -0.870 e. The minimum atomic E-state index is 0. The quantitative estimate of drug-likeness (QED) is 0.443. The second-order valence-corrected chi connectivity index (χ2v) is 2.27. The SMILES string of the molecule is [CH2-]CCCCCCC.[Hf].[OH-].[OH-]. The molecule has 0 aliphatic carbocycles. The molecule has 0 radical (unpaired) electrons. The summed E-state index contributed by atoms with van der Waals surface area (Å²) in [6.07, 6.45) is 7.98. The van der Waals surface area contributed by atoms with E-state index in [0.717, 1.165) is 6.42 Å². The van der Waals surface area contributed by atoms with E-state index in [-0.39, 0.29) is 36.8 Å². The van der Waals surface area contributed by atoms with Gasteiger partial charge in [-0.1, -0.05) is 39.0 Å². The Hall–Kier alpha value is 0.790. The molecule has 0 aliphatic heterocycles. The molecule has 0 spiro atoms. The van der Waals surface area contributed by atoms with Crippen LogP contribution in [-0.4, -0.2) is 11.0 Å². The Balaban J connectivity index is -0.0000000817. The van der Waals surface area contributed by atoms with E-state index in [9.17, 15) is 0 Å². The zero-order valence-electron chi connectivity index (χ0n) is 7.34. The van der Waals surface area contributed by atoms with Gasteiger partial charge in [0.25, 0.3) is 0 Å². The first-order valence-electron chi connectivity index (χ1n) is 3.71. The van der Waals surface area contributed by atoms with E-state index >= 15 is 0 Å². The molecule has 0 aromatic carbocycles. The van der Waals surface area contributed by atoms with Crippen LogP contribution in [0.2, 0.25) is 0 Å². The van der Waals surface area contributed by atoms with Crippen molar-refractivity contribution < 1.29 is 36.8 Å². The van der Waals surface area contributed by atoms with Gasteiger partial charge in [0, 0.05) is 25.8 Å². The van der Waals surface area contributed by atoms with Crippen molar-refractivity contribution >= 4 is 0 Å². The molecule has 11 heavy (non-hydrogen) atoms. The fourth-order valence-corrected chi connectivity index (χ4v) is 0.780. The largest absolute Gasteiger partial charge is 0.870 e. The summed E-state index contributed by atoms with van der Waals surface area (Å²) < 4.78 is 0. The molecule has 0 heterocycles. The molecule has 0 rings (SSSR count). The predicted octanol–water partition coefficient (Wildman–Crippen LogP) is 2.82. The van der Waals surface area contributed by atoms with Crippen LogP contribution in [0.5, 0.6) is 0 Å². The first kappa shape index (κ1) is 22.6. The standard InChI is InChI=1S/C8H17.Hf.2H2O/c1-3-5-7-8-6-4-2;;;/h1,3-8H2,2H3;;2*1H2/q-1;;;/p-2. The first-order valence-corrected chi connectivity index (χ1v) is 3.71. The fraction of sp³-hybridized carbons (Fsp3) is 0.875. The van der Waals surface area contributed by atoms with Crippen LogP contribution in [0, 0.1) is 6.92 Å². The number of hydrogen-bond donors (Lipinski definition) is 0. The van der Waals surface area contributed by atoms with Crippen molar-refractivity contribution in [3.63, 3.8) is 0 Å². The van der Waals surface area contributed by atoms with E-state index in [1.165, 1.54) is 32.1 Å². The van der Waals surface area contributed by atoms with Gasteiger partial charge in [-0.05, 0) is 0 Å². The molecule has 0 atom stereocenters. The van der Waals surface area contributed by atoms with Gasteiger partial charge in [0.2, 0.25) is 0 Å². The van der Waals surface area contributed by atoms with Gasteiger partial charge in [0.15, 0.2) is 0 Å². The molecule has 0 aliphatic rings. The molecule has 0 aromatic heterocycles. The van der Waals surface area contributed by atoms with E-state index in [2.05, 4.69) is 13.8 Å². The van der Waals surface area contributed by atoms with Crippen LogP contribution in [0.3, 0.4) is 0 Å². The van der Waals surface area contributed by atoms with Crippen LogP contribution in [-0.2, 0) is 25.8 Å². The first-order chi connectivity index (χ1) is 3.91. The summed E-state index contributed by atoms with van der Waals surface area (Å²) in [7, 11) is 0. The third-order valence-electron chi connectivity index (χ3n) is 1.35. The van der Waals surface area contributed by atoms with E-state index < -0.39 is 0 Å². The molecular formula is C8H19HfO2-3. The zero-order chi connectivity index (χ0) is 6.24. The summed E-state index contributed by atoms with van der Waals surface area (Å²) >= 11 is 0. The second-order valence-electron chi connectivity index (χ2n) is 2.27. The number of rotatable bonds is 5. The molecule has 2 N–H and O–H groups in total. The van der Waals surface area contributed by atoms with Crippen molar-refractivity contribution in [1.29, 1.82) is 0 Å². The summed E-state index contributed by atoms with van der Waals surface area (Å²) in [5.74, 6) is 0. The Morgan fingerprint density at radius 2 is 1.36 bits per heavy atom. The number of hydrogen-bond acceptors (Lipinski definition) is 2. The van der Waals surface area contributed by atoms with Crippen LogP contribution < -0.4 is 0 Å². The van der Waals surface area contributed by atoms with Gasteiger partial charge in [-0.25, -0.2) is 0 Å². The molecule has 0 amide bonds. The predicted molar refractivity (Wildman–Crippen MR) is 42.6 cm³/mol. The molecule has 0 fully saturated rings. The second kappa shape index (κ2) is 22.4. The van der Waals surface area contributed by atoms with Crippen molar-refractivity contribution in [3.8, 4) is 0 Å². The fourth-order valence-electron chi connectivity index (χ4n) is 0.780. The van der Waals surface area contributed by atoms with Crippen molar-refractivity contribution in [2.75, 3.05) is 0 Å². The van der Waals surface area contributed by atoms with E-state index in [1.54, 1.807) is 0 Å². The van der Waals surface area contributed by atoms with Crippen LogP contribution >= 0.6 is 0 Å².